The fourth-order valence-corrected chi connectivity index (χ4v) is 3.97. The van der Waals surface area contributed by atoms with Gasteiger partial charge in [-0.05, 0) is 19.1 Å². The maximum absolute atomic E-state index is 13.1. The summed E-state index contributed by atoms with van der Waals surface area (Å²) < 4.78 is 66.6. The summed E-state index contributed by atoms with van der Waals surface area (Å²) >= 11 is 0. The van der Waals surface area contributed by atoms with Crippen LogP contribution < -0.4 is 10.1 Å². The number of halogens is 1. The van der Waals surface area contributed by atoms with E-state index in [2.05, 4.69) is 20.3 Å². The molecule has 2 rings (SSSR count). The first kappa shape index (κ1) is 22.2. The van der Waals surface area contributed by atoms with Gasteiger partial charge in [-0.15, -0.1) is 0 Å². The number of benzene rings is 1. The maximum atomic E-state index is 13.1. The van der Waals surface area contributed by atoms with E-state index in [1.165, 1.54) is 52.4 Å². The number of sulfonamides is 1. The van der Waals surface area contributed by atoms with Crippen molar-refractivity contribution in [2.45, 2.75) is 11.9 Å². The number of aliphatic imine (C=N–C) groups is 1. The van der Waals surface area contributed by atoms with Crippen molar-refractivity contribution in [1.82, 2.24) is 18.9 Å². The van der Waals surface area contributed by atoms with Crippen molar-refractivity contribution in [2.24, 2.45) is 10.1 Å². The molecule has 0 aromatic heterocycles. The molecular weight excluding hydrogens is 415 g/mol. The average molecular weight is 436 g/mol. The van der Waals surface area contributed by atoms with E-state index in [0.717, 1.165) is 10.6 Å². The first-order valence-corrected chi connectivity index (χ1v) is 10.7. The van der Waals surface area contributed by atoms with Crippen LogP contribution >= 0.6 is 0 Å². The molecular formula is C14H21FN6O5S2. The molecule has 28 heavy (non-hydrogen) atoms. The van der Waals surface area contributed by atoms with Crippen LogP contribution in [-0.4, -0.2) is 70.4 Å². The Morgan fingerprint density at radius 3 is 2.46 bits per heavy atom. The lowest BCUT2D eigenvalue weighted by Gasteiger charge is -2.26. The van der Waals surface area contributed by atoms with Gasteiger partial charge in [-0.1, -0.05) is 17.3 Å². The Morgan fingerprint density at radius 2 is 1.93 bits per heavy atom. The van der Waals surface area contributed by atoms with Crippen molar-refractivity contribution in [1.29, 1.82) is 0 Å². The lowest BCUT2D eigenvalue weighted by molar-refractivity contribution is 0.213. The van der Waals surface area contributed by atoms with Gasteiger partial charge >= 0.3 is 10.2 Å². The zero-order chi connectivity index (χ0) is 21.2. The summed E-state index contributed by atoms with van der Waals surface area (Å²) in [4.78, 5) is 6.53. The summed E-state index contributed by atoms with van der Waals surface area (Å²) in [6, 6.07) is 5.23. The number of hydrogen-bond acceptors (Lipinski definition) is 8. The second-order valence-electron chi connectivity index (χ2n) is 5.98. The predicted octanol–water partition coefficient (Wildman–Crippen LogP) is -0.576. The Balaban J connectivity index is 2.18. The van der Waals surface area contributed by atoms with Crippen molar-refractivity contribution >= 4 is 32.3 Å². The van der Waals surface area contributed by atoms with Gasteiger partial charge in [0, 0.05) is 19.7 Å². The van der Waals surface area contributed by atoms with Gasteiger partial charge in [0.25, 0.3) is 10.0 Å². The highest BCUT2D eigenvalue weighted by Gasteiger charge is 2.46. The van der Waals surface area contributed by atoms with Crippen LogP contribution in [0.15, 0.2) is 34.4 Å². The van der Waals surface area contributed by atoms with Gasteiger partial charge in [-0.2, -0.15) is 22.6 Å². The van der Waals surface area contributed by atoms with Crippen LogP contribution in [0.1, 0.15) is 12.5 Å². The molecule has 0 fully saturated rings. The number of oxime groups is 1. The van der Waals surface area contributed by atoms with Gasteiger partial charge < -0.3 is 4.84 Å². The van der Waals surface area contributed by atoms with Gasteiger partial charge in [0.15, 0.2) is 0 Å². The third kappa shape index (κ3) is 4.47. The van der Waals surface area contributed by atoms with Gasteiger partial charge in [0.1, 0.15) is 25.0 Å². The van der Waals surface area contributed by atoms with Crippen LogP contribution in [0.5, 0.6) is 0 Å². The first-order chi connectivity index (χ1) is 12.9. The van der Waals surface area contributed by atoms with E-state index in [4.69, 9.17) is 4.84 Å². The third-order valence-electron chi connectivity index (χ3n) is 3.77. The molecule has 1 aliphatic rings. The molecule has 0 radical (unpaired) electrons. The van der Waals surface area contributed by atoms with E-state index in [-0.39, 0.29) is 12.3 Å². The van der Waals surface area contributed by atoms with Gasteiger partial charge in [0.2, 0.25) is 4.99 Å². The molecule has 1 aromatic carbocycles. The van der Waals surface area contributed by atoms with Crippen LogP contribution in [0, 0.1) is 5.82 Å². The highest BCUT2D eigenvalue weighted by Crippen LogP contribution is 2.21. The fraction of sp³-hybridized carbons (Fsp3) is 0.429. The molecule has 1 heterocycles. The summed E-state index contributed by atoms with van der Waals surface area (Å²) in [5.74, 6) is -0.458. The summed E-state index contributed by atoms with van der Waals surface area (Å²) in [7, 11) is -4.29. The van der Waals surface area contributed by atoms with E-state index in [1.807, 2.05) is 0 Å². The predicted molar refractivity (Wildman–Crippen MR) is 101 cm³/mol. The van der Waals surface area contributed by atoms with E-state index in [0.29, 0.717) is 9.98 Å². The molecule has 0 bridgehead atoms. The maximum Gasteiger partial charge on any atom is 0.318 e. The number of rotatable bonds is 8. The molecule has 2 N–H and O–H groups in total. The van der Waals surface area contributed by atoms with E-state index >= 15 is 0 Å². The van der Waals surface area contributed by atoms with Crippen LogP contribution in [0.2, 0.25) is 0 Å². The minimum absolute atomic E-state index is 0.189. The van der Waals surface area contributed by atoms with Crippen LogP contribution in [0.25, 0.3) is 0 Å². The molecule has 1 unspecified atom stereocenters. The van der Waals surface area contributed by atoms with Crippen molar-refractivity contribution in [3.63, 3.8) is 0 Å². The van der Waals surface area contributed by atoms with E-state index in [1.54, 1.807) is 0 Å². The van der Waals surface area contributed by atoms with Crippen LogP contribution in [0.4, 0.5) is 4.39 Å². The minimum atomic E-state index is -4.20. The second kappa shape index (κ2) is 8.08. The van der Waals surface area contributed by atoms with E-state index in [9.17, 15) is 21.2 Å². The quantitative estimate of drug-likeness (QED) is 0.414. The number of nitrogens with one attached hydrogen (secondary N) is 2. The summed E-state index contributed by atoms with van der Waals surface area (Å²) in [6.07, 6.45) is 0.874. The van der Waals surface area contributed by atoms with Gasteiger partial charge in [0.05, 0.1) is 6.54 Å². The third-order valence-corrected chi connectivity index (χ3v) is 7.14. The Hall–Kier alpha value is -2.13. The van der Waals surface area contributed by atoms with Gasteiger partial charge in [-0.25, -0.2) is 22.5 Å². The molecule has 1 aliphatic heterocycles. The molecule has 0 saturated carbocycles. The Kier molecular flexibility index (Phi) is 6.40. The molecule has 0 saturated heterocycles. The molecule has 0 aliphatic carbocycles. The first-order valence-electron chi connectivity index (χ1n) is 7.83. The average Bonchev–Trinajstić information content (AvgIpc) is 3.04. The normalized spacial score (nSPS) is 20.8. The van der Waals surface area contributed by atoms with Crippen molar-refractivity contribution in [2.75, 3.05) is 27.7 Å². The van der Waals surface area contributed by atoms with Crippen LogP contribution in [0.3, 0.4) is 0 Å². The Bertz CT molecular complexity index is 978. The molecule has 0 spiro atoms. The SMILES string of the molecule is CO/N=C(\CNS(=O)(=O)C1(C)N=CN(S(=O)(=O)N(C)C)N1)c1ccc(F)cc1. The Morgan fingerprint density at radius 1 is 1.32 bits per heavy atom. The summed E-state index contributed by atoms with van der Waals surface area (Å²) in [5.41, 5.74) is 2.97. The number of hydrogen-bond donors (Lipinski definition) is 2. The highest BCUT2D eigenvalue weighted by atomic mass is 32.2. The highest BCUT2D eigenvalue weighted by molar-refractivity contribution is 7.91. The fourth-order valence-electron chi connectivity index (χ4n) is 2.09. The molecule has 1 atom stereocenters. The van der Waals surface area contributed by atoms with Gasteiger partial charge in [-0.3, -0.25) is 0 Å². The summed E-state index contributed by atoms with van der Waals surface area (Å²) in [6.45, 7) is 0.900. The second-order valence-corrected chi connectivity index (χ2v) is 10.1. The zero-order valence-corrected chi connectivity index (χ0v) is 17.3. The van der Waals surface area contributed by atoms with E-state index < -0.39 is 31.0 Å². The van der Waals surface area contributed by atoms with Crippen molar-refractivity contribution in [3.8, 4) is 0 Å². The topological polar surface area (TPSA) is 133 Å². The monoisotopic (exact) mass is 436 g/mol. The molecule has 11 nitrogen and oxygen atoms in total. The zero-order valence-electron chi connectivity index (χ0n) is 15.6. The van der Waals surface area contributed by atoms with Crippen molar-refractivity contribution in [3.05, 3.63) is 35.6 Å². The minimum Gasteiger partial charge on any atom is -0.399 e. The molecule has 0 amide bonds. The molecule has 1 aromatic rings. The Labute approximate surface area is 163 Å². The largest absolute Gasteiger partial charge is 0.399 e. The van der Waals surface area contributed by atoms with Crippen molar-refractivity contribution < 1.29 is 26.1 Å². The standard InChI is InChI=1S/C14H21FN6O5S2/c1-14(16-10-21(19-14)28(24,25)20(2)3)27(22,23)17-9-13(18-26-4)11-5-7-12(15)8-6-11/h5-8,10,17,19H,9H2,1-4H3/b18-13+. The number of nitrogens with zero attached hydrogens (tertiary/aromatic N) is 4. The number of hydrazine groups is 1. The lowest BCUT2D eigenvalue weighted by atomic mass is 10.1. The molecule has 156 valence electrons. The summed E-state index contributed by atoms with van der Waals surface area (Å²) in [5, 5.41) is 3.75. The smallest absolute Gasteiger partial charge is 0.318 e. The molecule has 14 heteroatoms. The lowest BCUT2D eigenvalue weighted by Crippen LogP contribution is -2.57. The van der Waals surface area contributed by atoms with Crippen LogP contribution in [-0.2, 0) is 25.1 Å².